The number of nitrogens with one attached hydrogen (secondary N) is 1. The molecule has 0 radical (unpaired) electrons. The van der Waals surface area contributed by atoms with E-state index in [1.54, 1.807) is 0 Å². The second-order valence-electron chi connectivity index (χ2n) is 5.89. The first-order valence-electron chi connectivity index (χ1n) is 7.63. The third-order valence-electron chi connectivity index (χ3n) is 3.75. The highest BCUT2D eigenvalue weighted by atomic mass is 16.5. The molecule has 1 aromatic heterocycles. The van der Waals surface area contributed by atoms with E-state index in [1.165, 1.54) is 30.4 Å². The fourth-order valence-electron chi connectivity index (χ4n) is 2.61. The number of benzene rings is 1. The Labute approximate surface area is 125 Å². The van der Waals surface area contributed by atoms with E-state index < -0.39 is 0 Å². The van der Waals surface area contributed by atoms with E-state index in [9.17, 15) is 0 Å². The SMILES string of the molecule is CC(C)NCc1cc(COc2ccc3c(c2)CCC3)on1. The van der Waals surface area contributed by atoms with Gasteiger partial charge in [0.25, 0.3) is 0 Å². The van der Waals surface area contributed by atoms with Gasteiger partial charge in [-0.2, -0.15) is 0 Å². The standard InChI is InChI=1S/C17H22N2O2/c1-12(2)18-10-15-9-17(21-19-15)11-20-16-7-6-13-4-3-5-14(13)8-16/h6-9,12,18H,3-5,10-11H2,1-2H3. The van der Waals surface area contributed by atoms with Crippen molar-refractivity contribution in [3.05, 3.63) is 46.8 Å². The van der Waals surface area contributed by atoms with Crippen LogP contribution in [0.3, 0.4) is 0 Å². The van der Waals surface area contributed by atoms with E-state index in [-0.39, 0.29) is 0 Å². The lowest BCUT2D eigenvalue weighted by molar-refractivity contribution is 0.248. The van der Waals surface area contributed by atoms with Gasteiger partial charge in [-0.25, -0.2) is 0 Å². The van der Waals surface area contributed by atoms with Gasteiger partial charge in [0.15, 0.2) is 5.76 Å². The zero-order valence-corrected chi connectivity index (χ0v) is 12.7. The molecule has 1 aliphatic carbocycles. The van der Waals surface area contributed by atoms with Crippen molar-refractivity contribution >= 4 is 0 Å². The molecule has 0 saturated carbocycles. The monoisotopic (exact) mass is 286 g/mol. The third kappa shape index (κ3) is 3.64. The Morgan fingerprint density at radius 2 is 2.10 bits per heavy atom. The highest BCUT2D eigenvalue weighted by Gasteiger charge is 2.12. The van der Waals surface area contributed by atoms with Crippen LogP contribution in [0, 0.1) is 0 Å². The zero-order valence-electron chi connectivity index (χ0n) is 12.7. The van der Waals surface area contributed by atoms with Crippen molar-refractivity contribution in [3.63, 3.8) is 0 Å². The molecule has 1 aromatic carbocycles. The number of fused-ring (bicyclic) bond motifs is 1. The summed E-state index contributed by atoms with van der Waals surface area (Å²) < 4.78 is 11.1. The second kappa shape index (κ2) is 6.31. The summed E-state index contributed by atoms with van der Waals surface area (Å²) in [6.07, 6.45) is 3.62. The number of ether oxygens (including phenoxy) is 1. The Bertz CT molecular complexity index is 605. The molecule has 0 fully saturated rings. The quantitative estimate of drug-likeness (QED) is 0.885. The summed E-state index contributed by atoms with van der Waals surface area (Å²) in [4.78, 5) is 0. The smallest absolute Gasteiger partial charge is 0.174 e. The maximum Gasteiger partial charge on any atom is 0.174 e. The third-order valence-corrected chi connectivity index (χ3v) is 3.75. The van der Waals surface area contributed by atoms with Crippen LogP contribution in [0.4, 0.5) is 0 Å². The minimum absolute atomic E-state index is 0.424. The van der Waals surface area contributed by atoms with E-state index in [0.29, 0.717) is 12.6 Å². The van der Waals surface area contributed by atoms with Crippen LogP contribution < -0.4 is 10.1 Å². The largest absolute Gasteiger partial charge is 0.486 e. The number of aromatic nitrogens is 1. The maximum absolute atomic E-state index is 5.80. The molecular weight excluding hydrogens is 264 g/mol. The van der Waals surface area contributed by atoms with Gasteiger partial charge >= 0.3 is 0 Å². The molecule has 2 aromatic rings. The summed E-state index contributed by atoms with van der Waals surface area (Å²) >= 11 is 0. The molecule has 0 unspecified atom stereocenters. The second-order valence-corrected chi connectivity index (χ2v) is 5.89. The van der Waals surface area contributed by atoms with Crippen LogP contribution >= 0.6 is 0 Å². The van der Waals surface area contributed by atoms with Gasteiger partial charge in [0.05, 0.1) is 5.69 Å². The van der Waals surface area contributed by atoms with Crippen LogP contribution in [0.2, 0.25) is 0 Å². The Morgan fingerprint density at radius 3 is 2.95 bits per heavy atom. The molecule has 1 N–H and O–H groups in total. The van der Waals surface area contributed by atoms with Crippen molar-refractivity contribution < 1.29 is 9.26 Å². The van der Waals surface area contributed by atoms with E-state index in [4.69, 9.17) is 9.26 Å². The Kier molecular flexibility index (Phi) is 4.25. The van der Waals surface area contributed by atoms with Gasteiger partial charge in [-0.1, -0.05) is 25.1 Å². The van der Waals surface area contributed by atoms with Gasteiger partial charge in [-0.15, -0.1) is 0 Å². The first-order valence-corrected chi connectivity index (χ1v) is 7.63. The molecule has 4 heteroatoms. The summed E-state index contributed by atoms with van der Waals surface area (Å²) in [5, 5.41) is 7.35. The van der Waals surface area contributed by atoms with Crippen molar-refractivity contribution in [3.8, 4) is 5.75 Å². The molecule has 4 nitrogen and oxygen atoms in total. The van der Waals surface area contributed by atoms with E-state index in [2.05, 4.69) is 36.5 Å². The molecule has 0 saturated heterocycles. The van der Waals surface area contributed by atoms with Crippen LogP contribution in [-0.2, 0) is 26.0 Å². The van der Waals surface area contributed by atoms with Gasteiger partial charge in [0.2, 0.25) is 0 Å². The van der Waals surface area contributed by atoms with Gasteiger partial charge in [0.1, 0.15) is 12.4 Å². The molecule has 3 rings (SSSR count). The molecule has 21 heavy (non-hydrogen) atoms. The van der Waals surface area contributed by atoms with Gasteiger partial charge in [0, 0.05) is 18.7 Å². The molecule has 0 bridgehead atoms. The summed E-state index contributed by atoms with van der Waals surface area (Å²) in [6.45, 7) is 5.36. The Balaban J connectivity index is 1.55. The molecule has 0 amide bonds. The Morgan fingerprint density at radius 1 is 1.24 bits per heavy atom. The number of rotatable bonds is 6. The molecule has 112 valence electrons. The highest BCUT2D eigenvalue weighted by molar-refractivity contribution is 5.38. The van der Waals surface area contributed by atoms with Gasteiger partial charge in [-0.05, 0) is 42.5 Å². The molecule has 1 heterocycles. The van der Waals surface area contributed by atoms with Crippen LogP contribution in [0.5, 0.6) is 5.75 Å². The fraction of sp³-hybridized carbons (Fsp3) is 0.471. The predicted octanol–water partition coefficient (Wildman–Crippen LogP) is 3.24. The zero-order chi connectivity index (χ0) is 14.7. The van der Waals surface area contributed by atoms with Crippen LogP contribution in [-0.4, -0.2) is 11.2 Å². The number of hydrogen-bond donors (Lipinski definition) is 1. The lowest BCUT2D eigenvalue weighted by Crippen LogP contribution is -2.21. The molecule has 0 spiro atoms. The molecular formula is C17H22N2O2. The number of aryl methyl sites for hydroxylation is 2. The minimum Gasteiger partial charge on any atom is -0.486 e. The van der Waals surface area contributed by atoms with Crippen molar-refractivity contribution in [1.82, 2.24) is 10.5 Å². The summed E-state index contributed by atoms with van der Waals surface area (Å²) in [7, 11) is 0. The number of nitrogens with zero attached hydrogens (tertiary/aromatic N) is 1. The van der Waals surface area contributed by atoms with Crippen molar-refractivity contribution in [2.24, 2.45) is 0 Å². The van der Waals surface area contributed by atoms with Gasteiger partial charge in [-0.3, -0.25) is 0 Å². The van der Waals surface area contributed by atoms with Crippen molar-refractivity contribution in [2.45, 2.75) is 52.3 Å². The van der Waals surface area contributed by atoms with Crippen molar-refractivity contribution in [2.75, 3.05) is 0 Å². The first-order chi connectivity index (χ1) is 10.2. The van der Waals surface area contributed by atoms with E-state index in [0.717, 1.165) is 23.7 Å². The summed E-state index contributed by atoms with van der Waals surface area (Å²) in [5.41, 5.74) is 3.80. The fourth-order valence-corrected chi connectivity index (χ4v) is 2.61. The lowest BCUT2D eigenvalue weighted by atomic mass is 10.1. The van der Waals surface area contributed by atoms with Crippen LogP contribution in [0.1, 0.15) is 42.8 Å². The first kappa shape index (κ1) is 14.1. The van der Waals surface area contributed by atoms with Crippen molar-refractivity contribution in [1.29, 1.82) is 0 Å². The van der Waals surface area contributed by atoms with Crippen LogP contribution in [0.25, 0.3) is 0 Å². The Hall–Kier alpha value is -1.81. The van der Waals surface area contributed by atoms with Gasteiger partial charge < -0.3 is 14.6 Å². The average molecular weight is 286 g/mol. The molecule has 0 aliphatic heterocycles. The van der Waals surface area contributed by atoms with Crippen LogP contribution in [0.15, 0.2) is 28.8 Å². The van der Waals surface area contributed by atoms with E-state index in [1.807, 2.05) is 12.1 Å². The minimum atomic E-state index is 0.424. The maximum atomic E-state index is 5.80. The normalized spacial score (nSPS) is 13.7. The summed E-state index contributed by atoms with van der Waals surface area (Å²) in [6, 6.07) is 8.76. The molecule has 1 aliphatic rings. The summed E-state index contributed by atoms with van der Waals surface area (Å²) in [5.74, 6) is 1.67. The number of hydrogen-bond acceptors (Lipinski definition) is 4. The average Bonchev–Trinajstić information content (AvgIpc) is 3.11. The predicted molar refractivity (Wildman–Crippen MR) is 81.3 cm³/mol. The highest BCUT2D eigenvalue weighted by Crippen LogP contribution is 2.26. The lowest BCUT2D eigenvalue weighted by Gasteiger charge is -2.06. The topological polar surface area (TPSA) is 47.3 Å². The molecule has 0 atom stereocenters. The van der Waals surface area contributed by atoms with E-state index >= 15 is 0 Å².